The molecule has 0 aliphatic heterocycles. The van der Waals surface area contributed by atoms with Crippen LogP contribution < -0.4 is 4.57 Å². The van der Waals surface area contributed by atoms with Gasteiger partial charge in [0.25, 0.3) is 6.33 Å². The zero-order chi connectivity index (χ0) is 38.3. The molecule has 0 radical (unpaired) electrons. The molecule has 4 heteroatoms. The summed E-state index contributed by atoms with van der Waals surface area (Å²) in [7, 11) is 0. The summed E-state index contributed by atoms with van der Waals surface area (Å²) >= 11 is 0. The lowest BCUT2D eigenvalue weighted by atomic mass is 9.67. The molecule has 272 valence electrons. The number of fused-ring (bicyclic) bond motifs is 7. The van der Waals surface area contributed by atoms with E-state index in [1.807, 2.05) is 6.20 Å². The molecule has 11 rings (SSSR count). The number of hydrogen-bond donors (Lipinski definition) is 0. The highest BCUT2D eigenvalue weighted by Crippen LogP contribution is 2.56. The van der Waals surface area contributed by atoms with Gasteiger partial charge >= 0.3 is 0 Å². The maximum Gasteiger partial charge on any atom is 0.255 e. The monoisotopic (exact) mass is 733 g/mol. The first-order valence-electron chi connectivity index (χ1n) is 19.8. The van der Waals surface area contributed by atoms with Crippen LogP contribution in [-0.2, 0) is 10.8 Å². The number of imidazole rings is 1. The molecule has 3 heterocycles. The number of hydrogen-bond acceptors (Lipinski definition) is 1. The Morgan fingerprint density at radius 3 is 1.95 bits per heavy atom. The second kappa shape index (κ2) is 12.5. The molecule has 0 saturated heterocycles. The Bertz CT molecular complexity index is 3130. The lowest BCUT2D eigenvalue weighted by molar-refractivity contribution is -0.567. The van der Waals surface area contributed by atoms with E-state index >= 15 is 0 Å². The number of para-hydroxylation sites is 4. The van der Waals surface area contributed by atoms with Gasteiger partial charge in [-0.15, -0.1) is 0 Å². The zero-order valence-electron chi connectivity index (χ0n) is 32.3. The second-order valence-corrected chi connectivity index (χ2v) is 16.3. The molecule has 0 spiro atoms. The van der Waals surface area contributed by atoms with Crippen molar-refractivity contribution in [2.75, 3.05) is 0 Å². The van der Waals surface area contributed by atoms with E-state index in [0.29, 0.717) is 0 Å². The van der Waals surface area contributed by atoms with Crippen LogP contribution in [0, 0.1) is 0 Å². The van der Waals surface area contributed by atoms with Crippen LogP contribution in [0.5, 0.6) is 0 Å². The van der Waals surface area contributed by atoms with Gasteiger partial charge in [-0.3, -0.25) is 4.57 Å². The average Bonchev–Trinajstić information content (AvgIpc) is 3.91. The van der Waals surface area contributed by atoms with Gasteiger partial charge in [-0.2, -0.15) is 9.13 Å². The second-order valence-electron chi connectivity index (χ2n) is 16.3. The Morgan fingerprint density at radius 1 is 0.526 bits per heavy atom. The fraction of sp³-hybridized carbons (Fsp3) is 0.0943. The van der Waals surface area contributed by atoms with Crippen molar-refractivity contribution in [3.63, 3.8) is 0 Å². The van der Waals surface area contributed by atoms with E-state index in [-0.39, 0.29) is 5.41 Å². The Balaban J connectivity index is 1.21. The molecule has 0 unspecified atom stereocenters. The van der Waals surface area contributed by atoms with Crippen LogP contribution in [0.4, 0.5) is 0 Å². The van der Waals surface area contributed by atoms with Crippen molar-refractivity contribution in [2.45, 2.75) is 31.6 Å². The molecule has 0 bridgehead atoms. The molecule has 1 aliphatic carbocycles. The van der Waals surface area contributed by atoms with Crippen LogP contribution >= 0.6 is 0 Å². The highest BCUT2D eigenvalue weighted by molar-refractivity contribution is 6.09. The summed E-state index contributed by atoms with van der Waals surface area (Å²) in [6, 6.07) is 66.8. The van der Waals surface area contributed by atoms with Crippen LogP contribution in [0.2, 0.25) is 0 Å². The number of pyridine rings is 1. The molecule has 1 aliphatic rings. The predicted octanol–water partition coefficient (Wildman–Crippen LogP) is 12.1. The summed E-state index contributed by atoms with van der Waals surface area (Å²) in [6.07, 6.45) is 4.19. The van der Waals surface area contributed by atoms with E-state index in [0.717, 1.165) is 39.3 Å². The molecule has 0 N–H and O–H groups in total. The van der Waals surface area contributed by atoms with Crippen LogP contribution in [-0.4, -0.2) is 14.1 Å². The highest BCUT2D eigenvalue weighted by atomic mass is 15.1. The molecule has 3 aromatic heterocycles. The van der Waals surface area contributed by atoms with E-state index in [9.17, 15) is 0 Å². The van der Waals surface area contributed by atoms with Crippen molar-refractivity contribution >= 4 is 32.8 Å². The molecule has 4 nitrogen and oxygen atoms in total. The molecule has 0 amide bonds. The Labute approximate surface area is 332 Å². The molecular formula is C53H41N4+. The van der Waals surface area contributed by atoms with Crippen LogP contribution in [0.3, 0.4) is 0 Å². The van der Waals surface area contributed by atoms with Crippen molar-refractivity contribution in [2.24, 2.45) is 0 Å². The van der Waals surface area contributed by atoms with Crippen molar-refractivity contribution in [3.8, 4) is 28.3 Å². The van der Waals surface area contributed by atoms with E-state index in [2.05, 4.69) is 223 Å². The quantitative estimate of drug-likeness (QED) is 0.162. The maximum atomic E-state index is 5.02. The molecule has 7 aromatic carbocycles. The normalized spacial score (nSPS) is 13.3. The lowest BCUT2D eigenvalue weighted by Gasteiger charge is -2.34. The number of benzene rings is 7. The van der Waals surface area contributed by atoms with Crippen molar-refractivity contribution in [1.29, 1.82) is 0 Å². The molecule has 57 heavy (non-hydrogen) atoms. The minimum atomic E-state index is -0.599. The summed E-state index contributed by atoms with van der Waals surface area (Å²) in [6.45, 7) is 6.79. The minimum Gasteiger partial charge on any atom is -0.294 e. The summed E-state index contributed by atoms with van der Waals surface area (Å²) in [5.41, 5.74) is 15.0. The standard InChI is InChI=1S/C53H41N4/c1-52(2,3)36-30-31-54-51(34-36)57-47-25-12-9-22-43(47)44-29-28-38(33-50(44)57)53(45-23-10-7-20-41(45)42-21-8-11-24-46(42)53)37-16-15-19-40(32-37)56-35-55(39-17-5-4-6-18-39)48-26-13-14-27-49(48)56/h4-35H,1-3H3/q+1. The summed E-state index contributed by atoms with van der Waals surface area (Å²) < 4.78 is 6.99. The Hall–Kier alpha value is -7.04. The van der Waals surface area contributed by atoms with Gasteiger partial charge in [0.05, 0.1) is 16.4 Å². The Kier molecular flexibility index (Phi) is 7.30. The minimum absolute atomic E-state index is 0.0145. The Morgan fingerprint density at radius 2 is 1.18 bits per heavy atom. The molecule has 0 atom stereocenters. The topological polar surface area (TPSA) is 26.6 Å². The van der Waals surface area contributed by atoms with E-state index in [1.54, 1.807) is 0 Å². The fourth-order valence-corrected chi connectivity index (χ4v) is 9.48. The van der Waals surface area contributed by atoms with Gasteiger partial charge in [0.2, 0.25) is 0 Å². The van der Waals surface area contributed by atoms with E-state index in [1.165, 1.54) is 49.7 Å². The van der Waals surface area contributed by atoms with Gasteiger partial charge in [-0.05, 0) is 105 Å². The lowest BCUT2D eigenvalue weighted by Crippen LogP contribution is -2.29. The fourth-order valence-electron chi connectivity index (χ4n) is 9.48. The first-order valence-corrected chi connectivity index (χ1v) is 19.8. The van der Waals surface area contributed by atoms with Gasteiger partial charge < -0.3 is 0 Å². The first kappa shape index (κ1) is 33.3. The third-order valence-corrected chi connectivity index (χ3v) is 12.1. The van der Waals surface area contributed by atoms with Gasteiger partial charge in [0.1, 0.15) is 17.2 Å². The maximum absolute atomic E-state index is 5.02. The van der Waals surface area contributed by atoms with Crippen LogP contribution in [0.25, 0.3) is 61.2 Å². The molecule has 0 saturated carbocycles. The largest absolute Gasteiger partial charge is 0.294 e. The smallest absolute Gasteiger partial charge is 0.255 e. The molecular weight excluding hydrogens is 693 g/mol. The number of rotatable bonds is 5. The third-order valence-electron chi connectivity index (χ3n) is 12.1. The van der Waals surface area contributed by atoms with Crippen molar-refractivity contribution < 1.29 is 4.57 Å². The van der Waals surface area contributed by atoms with Crippen molar-refractivity contribution in [3.05, 3.63) is 222 Å². The highest BCUT2D eigenvalue weighted by Gasteiger charge is 2.46. The number of aromatic nitrogens is 4. The summed E-state index contributed by atoms with van der Waals surface area (Å²) in [4.78, 5) is 5.02. The van der Waals surface area contributed by atoms with E-state index < -0.39 is 5.41 Å². The van der Waals surface area contributed by atoms with Gasteiger partial charge in [0.15, 0.2) is 11.0 Å². The summed E-state index contributed by atoms with van der Waals surface area (Å²) in [5.74, 6) is 0.931. The van der Waals surface area contributed by atoms with Gasteiger partial charge in [-0.25, -0.2) is 4.98 Å². The third kappa shape index (κ3) is 4.93. The summed E-state index contributed by atoms with van der Waals surface area (Å²) in [5, 5.41) is 2.43. The van der Waals surface area contributed by atoms with Crippen LogP contribution in [0.15, 0.2) is 195 Å². The zero-order valence-corrected chi connectivity index (χ0v) is 32.3. The first-order chi connectivity index (χ1) is 27.9. The van der Waals surface area contributed by atoms with E-state index in [4.69, 9.17) is 4.98 Å². The van der Waals surface area contributed by atoms with Gasteiger partial charge in [0, 0.05) is 17.0 Å². The number of nitrogens with zero attached hydrogens (tertiary/aromatic N) is 4. The van der Waals surface area contributed by atoms with Crippen molar-refractivity contribution in [1.82, 2.24) is 14.1 Å². The van der Waals surface area contributed by atoms with Crippen LogP contribution in [0.1, 0.15) is 48.6 Å². The molecule has 10 aromatic rings. The predicted molar refractivity (Wildman–Crippen MR) is 233 cm³/mol. The SMILES string of the molecule is CC(C)(C)c1ccnc(-n2c3ccccc3c3ccc(C4(c5cccc(-n6c[n+](-c7ccccc7)c7ccccc76)c5)c5ccccc5-c5ccccc54)cc32)c1. The van der Waals surface area contributed by atoms with Gasteiger partial charge in [-0.1, -0.05) is 142 Å². The molecule has 0 fully saturated rings. The average molecular weight is 734 g/mol.